The number of halogens is 1. The van der Waals surface area contributed by atoms with Crippen molar-refractivity contribution in [3.8, 4) is 17.2 Å². The average Bonchev–Trinajstić information content (AvgIpc) is 3.35. The summed E-state index contributed by atoms with van der Waals surface area (Å²) in [6.07, 6.45) is 3.78. The fourth-order valence-electron chi connectivity index (χ4n) is 3.95. The fraction of sp³-hybridized carbons (Fsp3) is 0.148. The quantitative estimate of drug-likeness (QED) is 0.343. The lowest BCUT2D eigenvalue weighted by Crippen LogP contribution is -1.98. The molecule has 0 radical (unpaired) electrons. The van der Waals surface area contributed by atoms with E-state index in [2.05, 4.69) is 11.5 Å². The molecule has 3 aromatic carbocycles. The number of allylic oxidation sites excluding steroid dienone is 1. The summed E-state index contributed by atoms with van der Waals surface area (Å²) >= 11 is 0. The molecule has 1 aliphatic heterocycles. The third-order valence-corrected chi connectivity index (χ3v) is 5.71. The van der Waals surface area contributed by atoms with Gasteiger partial charge in [0.1, 0.15) is 29.7 Å². The number of ketones is 1. The van der Waals surface area contributed by atoms with Crippen molar-refractivity contribution in [1.29, 1.82) is 0 Å². The minimum Gasteiger partial charge on any atom is -0.497 e. The van der Waals surface area contributed by atoms with Gasteiger partial charge in [0, 0.05) is 35.3 Å². The zero-order valence-corrected chi connectivity index (χ0v) is 18.3. The van der Waals surface area contributed by atoms with Crippen molar-refractivity contribution in [2.75, 3.05) is 7.11 Å². The van der Waals surface area contributed by atoms with Gasteiger partial charge < -0.3 is 18.8 Å². The van der Waals surface area contributed by atoms with Crippen LogP contribution in [0.1, 0.15) is 28.4 Å². The predicted molar refractivity (Wildman–Crippen MR) is 124 cm³/mol. The Morgan fingerprint density at radius 3 is 2.58 bits per heavy atom. The molecule has 6 heteroatoms. The Labute approximate surface area is 190 Å². The minimum atomic E-state index is -0.289. The first kappa shape index (κ1) is 20.8. The highest BCUT2D eigenvalue weighted by atomic mass is 19.1. The van der Waals surface area contributed by atoms with E-state index in [1.165, 1.54) is 12.1 Å². The van der Waals surface area contributed by atoms with Crippen molar-refractivity contribution in [1.82, 2.24) is 4.57 Å². The van der Waals surface area contributed by atoms with Crippen LogP contribution < -0.4 is 14.2 Å². The van der Waals surface area contributed by atoms with Crippen LogP contribution in [-0.4, -0.2) is 17.5 Å². The molecule has 0 amide bonds. The predicted octanol–water partition coefficient (Wildman–Crippen LogP) is 6.00. The second-order valence-electron chi connectivity index (χ2n) is 7.77. The number of aromatic nitrogens is 1. The van der Waals surface area contributed by atoms with Gasteiger partial charge in [0.2, 0.25) is 5.78 Å². The maximum Gasteiger partial charge on any atom is 0.231 e. The first-order valence-electron chi connectivity index (χ1n) is 10.7. The Hall–Kier alpha value is -4.06. The Kier molecular flexibility index (Phi) is 5.34. The largest absolute Gasteiger partial charge is 0.497 e. The summed E-state index contributed by atoms with van der Waals surface area (Å²) in [6.45, 7) is 3.16. The lowest BCUT2D eigenvalue weighted by Gasteiger charge is -2.07. The molecule has 0 fully saturated rings. The van der Waals surface area contributed by atoms with E-state index < -0.39 is 0 Å². The number of hydrogen-bond donors (Lipinski definition) is 0. The molecule has 4 aromatic rings. The Balaban J connectivity index is 1.41. The summed E-state index contributed by atoms with van der Waals surface area (Å²) in [5, 5.41) is 0.986. The first-order valence-corrected chi connectivity index (χ1v) is 10.7. The number of nitrogens with zero attached hydrogens (tertiary/aromatic N) is 1. The molecule has 5 rings (SSSR count). The van der Waals surface area contributed by atoms with Gasteiger partial charge in [0.15, 0.2) is 5.76 Å². The number of ether oxygens (including phenoxy) is 3. The maximum atomic E-state index is 13.1. The standard InChI is InChI=1S/C27H22FNO4/c1-3-29-15-18(23-13-20(31-2)9-11-24(23)29)12-26-27(30)22-10-8-21(14-25(22)33-26)32-16-17-4-6-19(28)7-5-17/h4-15H,3,16H2,1-2H3/b26-12-. The number of carbonyl (C=O) groups is 1. The van der Waals surface area contributed by atoms with Crippen LogP contribution in [-0.2, 0) is 13.2 Å². The van der Waals surface area contributed by atoms with E-state index >= 15 is 0 Å². The van der Waals surface area contributed by atoms with Crippen LogP contribution in [0.25, 0.3) is 17.0 Å². The van der Waals surface area contributed by atoms with Gasteiger partial charge in [-0.15, -0.1) is 0 Å². The molecule has 166 valence electrons. The zero-order chi connectivity index (χ0) is 22.9. The van der Waals surface area contributed by atoms with Crippen molar-refractivity contribution in [2.24, 2.45) is 0 Å². The third-order valence-electron chi connectivity index (χ3n) is 5.71. The zero-order valence-electron chi connectivity index (χ0n) is 18.3. The first-order chi connectivity index (χ1) is 16.1. The number of methoxy groups -OCH3 is 1. The molecule has 0 saturated carbocycles. The van der Waals surface area contributed by atoms with Crippen molar-refractivity contribution in [2.45, 2.75) is 20.1 Å². The van der Waals surface area contributed by atoms with Gasteiger partial charge in [0.25, 0.3) is 0 Å². The lowest BCUT2D eigenvalue weighted by molar-refractivity contribution is 0.101. The summed E-state index contributed by atoms with van der Waals surface area (Å²) in [4.78, 5) is 13.0. The number of aryl methyl sites for hydroxylation is 1. The van der Waals surface area contributed by atoms with Crippen molar-refractivity contribution in [3.63, 3.8) is 0 Å². The molecule has 0 saturated heterocycles. The van der Waals surface area contributed by atoms with E-state index in [0.717, 1.165) is 34.3 Å². The second-order valence-corrected chi connectivity index (χ2v) is 7.77. The van der Waals surface area contributed by atoms with Crippen LogP contribution in [0.5, 0.6) is 17.2 Å². The number of rotatable bonds is 6. The van der Waals surface area contributed by atoms with Crippen LogP contribution in [0.2, 0.25) is 0 Å². The molecule has 5 nitrogen and oxygen atoms in total. The smallest absolute Gasteiger partial charge is 0.231 e. The number of benzene rings is 3. The molecule has 0 atom stereocenters. The SMILES string of the molecule is CCn1cc(/C=C2\Oc3cc(OCc4ccc(F)cc4)ccc3C2=O)c2cc(OC)ccc21. The van der Waals surface area contributed by atoms with Gasteiger partial charge in [0.05, 0.1) is 12.7 Å². The van der Waals surface area contributed by atoms with Crippen LogP contribution in [0.3, 0.4) is 0 Å². The molecule has 1 aromatic heterocycles. The van der Waals surface area contributed by atoms with Crippen molar-refractivity contribution in [3.05, 3.63) is 95.1 Å². The van der Waals surface area contributed by atoms with Gasteiger partial charge in [-0.1, -0.05) is 12.1 Å². The molecule has 0 aliphatic carbocycles. The highest BCUT2D eigenvalue weighted by molar-refractivity contribution is 6.15. The Morgan fingerprint density at radius 2 is 1.82 bits per heavy atom. The Morgan fingerprint density at radius 1 is 1.03 bits per heavy atom. The van der Waals surface area contributed by atoms with E-state index in [0.29, 0.717) is 17.1 Å². The molecule has 2 heterocycles. The topological polar surface area (TPSA) is 49.7 Å². The molecular formula is C27H22FNO4. The van der Waals surface area contributed by atoms with E-state index in [9.17, 15) is 9.18 Å². The summed E-state index contributed by atoms with van der Waals surface area (Å²) < 4.78 is 32.3. The number of hydrogen-bond acceptors (Lipinski definition) is 4. The van der Waals surface area contributed by atoms with E-state index in [1.807, 2.05) is 24.4 Å². The summed E-state index contributed by atoms with van der Waals surface area (Å²) in [6, 6.07) is 17.2. The number of carbonyl (C=O) groups excluding carboxylic acids is 1. The number of Topliss-reactive ketones (excluding diaryl/α,β-unsaturated/α-hetero) is 1. The van der Waals surface area contributed by atoms with Crippen molar-refractivity contribution < 1.29 is 23.4 Å². The van der Waals surface area contributed by atoms with Crippen LogP contribution in [0, 0.1) is 5.82 Å². The molecular weight excluding hydrogens is 421 g/mol. The van der Waals surface area contributed by atoms with Crippen LogP contribution in [0.15, 0.2) is 72.6 Å². The molecule has 1 aliphatic rings. The van der Waals surface area contributed by atoms with E-state index in [1.54, 1.807) is 43.5 Å². The second kappa shape index (κ2) is 8.47. The van der Waals surface area contributed by atoms with Crippen LogP contribution >= 0.6 is 0 Å². The average molecular weight is 443 g/mol. The Bertz CT molecular complexity index is 1390. The number of fused-ring (bicyclic) bond motifs is 2. The van der Waals surface area contributed by atoms with Gasteiger partial charge in [-0.05, 0) is 61.0 Å². The van der Waals surface area contributed by atoms with Crippen LogP contribution in [0.4, 0.5) is 4.39 Å². The summed E-state index contributed by atoms with van der Waals surface area (Å²) in [5.74, 6) is 1.58. The molecule has 0 unspecified atom stereocenters. The van der Waals surface area contributed by atoms with Gasteiger partial charge in [-0.25, -0.2) is 4.39 Å². The fourth-order valence-corrected chi connectivity index (χ4v) is 3.95. The highest BCUT2D eigenvalue weighted by Gasteiger charge is 2.28. The highest BCUT2D eigenvalue weighted by Crippen LogP contribution is 2.36. The van der Waals surface area contributed by atoms with Crippen molar-refractivity contribution >= 4 is 22.8 Å². The lowest BCUT2D eigenvalue weighted by atomic mass is 10.1. The summed E-state index contributed by atoms with van der Waals surface area (Å²) in [5.41, 5.74) is 3.28. The maximum absolute atomic E-state index is 13.1. The molecule has 0 spiro atoms. The van der Waals surface area contributed by atoms with E-state index in [-0.39, 0.29) is 24.0 Å². The molecule has 0 bridgehead atoms. The third kappa shape index (κ3) is 3.96. The van der Waals surface area contributed by atoms with Gasteiger partial charge in [-0.3, -0.25) is 4.79 Å². The summed E-state index contributed by atoms with van der Waals surface area (Å²) in [7, 11) is 1.63. The minimum absolute atomic E-state index is 0.171. The van der Waals surface area contributed by atoms with E-state index in [4.69, 9.17) is 14.2 Å². The van der Waals surface area contributed by atoms with Gasteiger partial charge >= 0.3 is 0 Å². The van der Waals surface area contributed by atoms with Gasteiger partial charge in [-0.2, -0.15) is 0 Å². The molecule has 0 N–H and O–H groups in total. The monoisotopic (exact) mass is 443 g/mol. The normalized spacial score (nSPS) is 13.9. The molecule has 33 heavy (non-hydrogen) atoms.